The predicted molar refractivity (Wildman–Crippen MR) is 157 cm³/mol. The molecule has 3 aromatic heterocycles. The predicted octanol–water partition coefficient (Wildman–Crippen LogP) is 3.86. The molecular formula is C30H31N5O5S. The van der Waals surface area contributed by atoms with Gasteiger partial charge in [0.15, 0.2) is 0 Å². The number of sulfonamides is 1. The molecule has 2 aromatic carbocycles. The van der Waals surface area contributed by atoms with Crippen LogP contribution in [0.4, 0.5) is 0 Å². The van der Waals surface area contributed by atoms with Crippen molar-refractivity contribution in [1.82, 2.24) is 23.4 Å². The van der Waals surface area contributed by atoms with Crippen LogP contribution < -0.4 is 16.0 Å². The number of aromatic nitrogens is 4. The van der Waals surface area contributed by atoms with Crippen LogP contribution in [0.15, 0.2) is 99.5 Å². The topological polar surface area (TPSA) is 119 Å². The van der Waals surface area contributed by atoms with Crippen LogP contribution in [-0.2, 0) is 29.7 Å². The number of nitrogens with zero attached hydrogens (tertiary/aromatic N) is 4. The Kier molecular flexibility index (Phi) is 8.18. The van der Waals surface area contributed by atoms with Gasteiger partial charge in [-0.05, 0) is 49.2 Å². The molecule has 0 saturated heterocycles. The minimum absolute atomic E-state index is 0.121. The van der Waals surface area contributed by atoms with Gasteiger partial charge in [0.05, 0.1) is 10.4 Å². The maximum Gasteiger partial charge on any atom is 0.331 e. The molecule has 212 valence electrons. The number of benzene rings is 2. The maximum atomic E-state index is 13.8. The number of hydrogen-bond acceptors (Lipinski definition) is 6. The molecule has 0 fully saturated rings. The summed E-state index contributed by atoms with van der Waals surface area (Å²) in [5.74, 6) is 0.423. The molecule has 0 amide bonds. The first-order chi connectivity index (χ1) is 19.8. The van der Waals surface area contributed by atoms with Crippen LogP contribution in [-0.4, -0.2) is 45.0 Å². The lowest BCUT2D eigenvalue weighted by molar-refractivity contribution is 0.262. The molecule has 0 radical (unpaired) electrons. The Morgan fingerprint density at radius 2 is 1.61 bits per heavy atom. The molecule has 11 heteroatoms. The second kappa shape index (κ2) is 11.9. The lowest BCUT2D eigenvalue weighted by atomic mass is 10.1. The van der Waals surface area contributed by atoms with Gasteiger partial charge >= 0.3 is 5.69 Å². The lowest BCUT2D eigenvalue weighted by Crippen LogP contribution is -2.39. The number of aromatic amines is 1. The van der Waals surface area contributed by atoms with Gasteiger partial charge in [0.25, 0.3) is 5.56 Å². The van der Waals surface area contributed by atoms with E-state index in [4.69, 9.17) is 4.74 Å². The number of ether oxygens (including phenoxy) is 1. The van der Waals surface area contributed by atoms with E-state index in [2.05, 4.69) is 9.97 Å². The lowest BCUT2D eigenvalue weighted by Gasteiger charge is -2.22. The van der Waals surface area contributed by atoms with Crippen LogP contribution in [0.5, 0.6) is 5.88 Å². The van der Waals surface area contributed by atoms with E-state index in [1.807, 2.05) is 37.3 Å². The third-order valence-electron chi connectivity index (χ3n) is 6.87. The van der Waals surface area contributed by atoms with Crippen molar-refractivity contribution < 1.29 is 13.2 Å². The number of H-pyrrole nitrogens is 1. The fraction of sp³-hybridized carbons (Fsp3) is 0.233. The summed E-state index contributed by atoms with van der Waals surface area (Å²) in [5, 5.41) is 0. The summed E-state index contributed by atoms with van der Waals surface area (Å²) < 4.78 is 37.4. The Morgan fingerprint density at radius 1 is 0.902 bits per heavy atom. The number of pyridine rings is 1. The van der Waals surface area contributed by atoms with E-state index in [-0.39, 0.29) is 42.4 Å². The minimum atomic E-state index is -3.89. The number of hydrogen-bond donors (Lipinski definition) is 1. The van der Waals surface area contributed by atoms with E-state index in [0.717, 1.165) is 5.56 Å². The van der Waals surface area contributed by atoms with Crippen molar-refractivity contribution in [2.24, 2.45) is 0 Å². The fourth-order valence-electron chi connectivity index (χ4n) is 4.74. The smallest absolute Gasteiger partial charge is 0.331 e. The molecule has 3 heterocycles. The molecule has 1 N–H and O–H groups in total. The zero-order valence-corrected chi connectivity index (χ0v) is 23.7. The van der Waals surface area contributed by atoms with Gasteiger partial charge < -0.3 is 9.72 Å². The second-order valence-electron chi connectivity index (χ2n) is 9.38. The summed E-state index contributed by atoms with van der Waals surface area (Å²) in [6.07, 6.45) is 1.61. The quantitative estimate of drug-likeness (QED) is 0.256. The van der Waals surface area contributed by atoms with Crippen LogP contribution in [0.3, 0.4) is 0 Å². The van der Waals surface area contributed by atoms with E-state index in [1.165, 1.54) is 8.87 Å². The van der Waals surface area contributed by atoms with E-state index < -0.39 is 10.0 Å². The van der Waals surface area contributed by atoms with Crippen molar-refractivity contribution in [2.75, 3.05) is 13.2 Å². The summed E-state index contributed by atoms with van der Waals surface area (Å²) >= 11 is 0. The van der Waals surface area contributed by atoms with Gasteiger partial charge in [0.2, 0.25) is 15.9 Å². The highest BCUT2D eigenvalue weighted by atomic mass is 32.2. The van der Waals surface area contributed by atoms with Crippen LogP contribution in [0.1, 0.15) is 19.4 Å². The van der Waals surface area contributed by atoms with Gasteiger partial charge in [0, 0.05) is 44.1 Å². The minimum Gasteiger partial charge on any atom is -0.476 e. The summed E-state index contributed by atoms with van der Waals surface area (Å²) in [6.45, 7) is 4.70. The maximum absolute atomic E-state index is 13.8. The van der Waals surface area contributed by atoms with Gasteiger partial charge in [-0.25, -0.2) is 18.2 Å². The van der Waals surface area contributed by atoms with Crippen molar-refractivity contribution in [3.8, 4) is 17.1 Å². The molecule has 0 spiro atoms. The molecule has 41 heavy (non-hydrogen) atoms. The summed E-state index contributed by atoms with van der Waals surface area (Å²) in [5.41, 5.74) is 2.26. The summed E-state index contributed by atoms with van der Waals surface area (Å²) in [7, 11) is -3.89. The molecule has 0 aliphatic rings. The number of nitrogens with one attached hydrogen (secondary N) is 1. The highest BCUT2D eigenvalue weighted by Gasteiger charge is 2.25. The highest BCUT2D eigenvalue weighted by Crippen LogP contribution is 2.25. The first-order valence-electron chi connectivity index (χ1n) is 13.4. The first kappa shape index (κ1) is 28.1. The fourth-order valence-corrected chi connectivity index (χ4v) is 6.15. The highest BCUT2D eigenvalue weighted by molar-refractivity contribution is 7.89. The molecule has 0 aliphatic heterocycles. The van der Waals surface area contributed by atoms with Gasteiger partial charge in [-0.15, -0.1) is 0 Å². The van der Waals surface area contributed by atoms with E-state index in [0.29, 0.717) is 34.7 Å². The number of aryl methyl sites for hydroxylation is 1. The van der Waals surface area contributed by atoms with Crippen molar-refractivity contribution in [2.45, 2.75) is 38.4 Å². The van der Waals surface area contributed by atoms with Crippen molar-refractivity contribution in [3.63, 3.8) is 0 Å². The van der Waals surface area contributed by atoms with E-state index in [1.54, 1.807) is 66.2 Å². The molecule has 0 saturated carbocycles. The third-order valence-corrected chi connectivity index (χ3v) is 8.73. The largest absolute Gasteiger partial charge is 0.476 e. The van der Waals surface area contributed by atoms with Crippen molar-refractivity contribution in [3.05, 3.63) is 111 Å². The molecule has 0 unspecified atom stereocenters. The molecular weight excluding hydrogens is 542 g/mol. The second-order valence-corrected chi connectivity index (χ2v) is 11.3. The molecule has 10 nitrogen and oxygen atoms in total. The van der Waals surface area contributed by atoms with Crippen molar-refractivity contribution in [1.29, 1.82) is 0 Å². The van der Waals surface area contributed by atoms with Crippen LogP contribution in [0, 0.1) is 0 Å². The molecule has 0 atom stereocenters. The van der Waals surface area contributed by atoms with Crippen LogP contribution >= 0.6 is 0 Å². The van der Waals surface area contributed by atoms with E-state index in [9.17, 15) is 18.0 Å². The summed E-state index contributed by atoms with van der Waals surface area (Å²) in [4.78, 5) is 33.0. The zero-order valence-electron chi connectivity index (χ0n) is 22.9. The normalized spacial score (nSPS) is 11.8. The Labute approximate surface area is 237 Å². The monoisotopic (exact) mass is 573 g/mol. The molecule has 0 bridgehead atoms. The molecule has 0 aliphatic carbocycles. The van der Waals surface area contributed by atoms with Gasteiger partial charge in [0.1, 0.15) is 12.1 Å². The average Bonchev–Trinajstić information content (AvgIpc) is 3.44. The van der Waals surface area contributed by atoms with Gasteiger partial charge in [-0.3, -0.25) is 13.9 Å². The Hall–Kier alpha value is -4.48. The number of fused-ring (bicyclic) bond motifs is 1. The first-order valence-corrected chi connectivity index (χ1v) is 14.8. The van der Waals surface area contributed by atoms with Gasteiger partial charge in [-0.1, -0.05) is 48.5 Å². The Bertz CT molecular complexity index is 1860. The van der Waals surface area contributed by atoms with Gasteiger partial charge in [-0.2, -0.15) is 4.31 Å². The average molecular weight is 574 g/mol. The zero-order chi connectivity index (χ0) is 29.0. The van der Waals surface area contributed by atoms with Crippen LogP contribution in [0.2, 0.25) is 0 Å². The third kappa shape index (κ3) is 5.72. The van der Waals surface area contributed by atoms with E-state index >= 15 is 0 Å². The Balaban J connectivity index is 1.44. The Morgan fingerprint density at radius 3 is 2.27 bits per heavy atom. The SMILES string of the molecule is CCn1c(=O)c2[nH]c(-c3ccc(S(=O)(=O)N(CCOc4ccccn4)Cc4ccccc4)cc3)cc2n(CC)c1=O. The molecule has 5 rings (SSSR count). The van der Waals surface area contributed by atoms with Crippen molar-refractivity contribution >= 4 is 21.1 Å². The number of rotatable bonds is 11. The summed E-state index contributed by atoms with van der Waals surface area (Å²) in [6, 6.07) is 22.9. The molecule has 5 aromatic rings. The standard InChI is InChI=1S/C30H31N5O5S/c1-3-34-26-20-25(32-28(26)29(36)35(4-2)30(34)37)23-13-15-24(16-14-23)41(38,39)33(21-22-10-6-5-7-11-22)18-19-40-27-12-8-9-17-31-27/h5-17,20,32H,3-4,18-19,21H2,1-2H3. The van der Waals surface area contributed by atoms with Crippen LogP contribution in [0.25, 0.3) is 22.3 Å².